The number of carbonyl (C=O) groups excluding carboxylic acids is 2. The lowest BCUT2D eigenvalue weighted by atomic mass is 9.49. The van der Waals surface area contributed by atoms with Gasteiger partial charge in [-0.15, -0.1) is 0 Å². The molecule has 6 rings (SSSR count). The summed E-state index contributed by atoms with van der Waals surface area (Å²) in [5, 5.41) is 0. The Balaban J connectivity index is 1.25. The Morgan fingerprint density at radius 2 is 1.34 bits per heavy atom. The number of alkyl halides is 3. The fourth-order valence-electron chi connectivity index (χ4n) is 7.00. The van der Waals surface area contributed by atoms with Crippen LogP contribution >= 0.6 is 0 Å². The standard InChI is InChI=1S/C25H29F3N2O2/c26-25(27,28)21(20-4-2-1-3-5-20)13-22(31)29-6-8-30(9-7-29)23(32)24-14-17-10-18(15-24)12-19(11-17)16-24/h1-5,13,17-19H,6-12,14-16H2/b21-13+. The molecular weight excluding hydrogens is 417 g/mol. The van der Waals surface area contributed by atoms with Crippen molar-refractivity contribution in [2.75, 3.05) is 26.2 Å². The maximum absolute atomic E-state index is 13.6. The maximum Gasteiger partial charge on any atom is 0.417 e. The molecule has 4 aliphatic carbocycles. The Labute approximate surface area is 186 Å². The molecule has 1 aromatic carbocycles. The van der Waals surface area contributed by atoms with Crippen molar-refractivity contribution < 1.29 is 22.8 Å². The average molecular weight is 447 g/mol. The zero-order valence-electron chi connectivity index (χ0n) is 18.1. The first-order valence-electron chi connectivity index (χ1n) is 11.7. The molecule has 32 heavy (non-hydrogen) atoms. The highest BCUT2D eigenvalue weighted by Crippen LogP contribution is 2.60. The summed E-state index contributed by atoms with van der Waals surface area (Å²) in [6, 6.07) is 7.39. The van der Waals surface area contributed by atoms with E-state index < -0.39 is 17.7 Å². The van der Waals surface area contributed by atoms with E-state index in [-0.39, 0.29) is 30.0 Å². The van der Waals surface area contributed by atoms with Crippen LogP contribution in [0.2, 0.25) is 0 Å². The monoisotopic (exact) mass is 446 g/mol. The van der Waals surface area contributed by atoms with Gasteiger partial charge in [-0.05, 0) is 61.8 Å². The van der Waals surface area contributed by atoms with Gasteiger partial charge in [0.05, 0.1) is 11.0 Å². The second kappa shape index (κ2) is 7.92. The second-order valence-corrected chi connectivity index (χ2v) is 10.2. The van der Waals surface area contributed by atoms with Crippen LogP contribution < -0.4 is 0 Å². The normalized spacial score (nSPS) is 32.3. The minimum Gasteiger partial charge on any atom is -0.339 e. The molecule has 1 saturated heterocycles. The third-order valence-electron chi connectivity index (χ3n) is 8.03. The number of hydrogen-bond donors (Lipinski definition) is 0. The predicted octanol–water partition coefficient (Wildman–Crippen LogP) is 4.52. The van der Waals surface area contributed by atoms with Crippen molar-refractivity contribution >= 4 is 17.4 Å². The molecule has 0 aromatic heterocycles. The first-order valence-corrected chi connectivity index (χ1v) is 11.7. The van der Waals surface area contributed by atoms with Crippen molar-refractivity contribution in [1.29, 1.82) is 0 Å². The zero-order chi connectivity index (χ0) is 22.5. The third-order valence-corrected chi connectivity index (χ3v) is 8.03. The molecule has 4 bridgehead atoms. The molecule has 0 unspecified atom stereocenters. The Kier molecular flexibility index (Phi) is 5.33. The summed E-state index contributed by atoms with van der Waals surface area (Å²) >= 11 is 0. The summed E-state index contributed by atoms with van der Waals surface area (Å²) in [4.78, 5) is 29.4. The van der Waals surface area contributed by atoms with E-state index in [4.69, 9.17) is 0 Å². The summed E-state index contributed by atoms with van der Waals surface area (Å²) in [6.07, 6.45) is 2.86. The lowest BCUT2D eigenvalue weighted by molar-refractivity contribution is -0.160. The Bertz CT molecular complexity index is 882. The molecule has 0 spiro atoms. The first kappa shape index (κ1) is 21.5. The summed E-state index contributed by atoms with van der Waals surface area (Å²) in [6.45, 7) is 1.33. The minimum absolute atomic E-state index is 0.0241. The van der Waals surface area contributed by atoms with E-state index >= 15 is 0 Å². The van der Waals surface area contributed by atoms with Crippen LogP contribution in [-0.2, 0) is 9.59 Å². The lowest BCUT2D eigenvalue weighted by Crippen LogP contribution is -2.58. The smallest absolute Gasteiger partial charge is 0.339 e. The molecule has 5 aliphatic rings. The van der Waals surface area contributed by atoms with Crippen molar-refractivity contribution in [3.63, 3.8) is 0 Å². The predicted molar refractivity (Wildman–Crippen MR) is 114 cm³/mol. The van der Waals surface area contributed by atoms with Gasteiger partial charge in [0.15, 0.2) is 0 Å². The molecule has 172 valence electrons. The number of rotatable bonds is 3. The van der Waals surface area contributed by atoms with Crippen molar-refractivity contribution in [2.45, 2.75) is 44.7 Å². The van der Waals surface area contributed by atoms with Crippen LogP contribution in [0.15, 0.2) is 36.4 Å². The number of nitrogens with zero attached hydrogens (tertiary/aromatic N) is 2. The van der Waals surface area contributed by atoms with Crippen LogP contribution in [0.5, 0.6) is 0 Å². The highest BCUT2D eigenvalue weighted by atomic mass is 19.4. The summed E-state index contributed by atoms with van der Waals surface area (Å²) in [5.41, 5.74) is -1.18. The van der Waals surface area contributed by atoms with Crippen LogP contribution in [0.4, 0.5) is 13.2 Å². The van der Waals surface area contributed by atoms with E-state index in [2.05, 4.69) is 0 Å². The number of amides is 2. The molecule has 5 fully saturated rings. The van der Waals surface area contributed by atoms with Gasteiger partial charge in [-0.3, -0.25) is 9.59 Å². The molecule has 0 N–H and O–H groups in total. The first-order chi connectivity index (χ1) is 15.2. The van der Waals surface area contributed by atoms with Crippen molar-refractivity contribution in [1.82, 2.24) is 9.80 Å². The van der Waals surface area contributed by atoms with Gasteiger partial charge < -0.3 is 9.80 Å². The topological polar surface area (TPSA) is 40.6 Å². The van der Waals surface area contributed by atoms with Crippen LogP contribution in [-0.4, -0.2) is 54.0 Å². The van der Waals surface area contributed by atoms with Crippen LogP contribution in [0, 0.1) is 23.2 Å². The SMILES string of the molecule is O=C(/C=C(\c1ccccc1)C(F)(F)F)N1CCN(C(=O)C23CC4CC(CC(C4)C2)C3)CC1. The third kappa shape index (κ3) is 3.95. The second-order valence-electron chi connectivity index (χ2n) is 10.2. The highest BCUT2D eigenvalue weighted by Gasteiger charge is 2.55. The zero-order valence-corrected chi connectivity index (χ0v) is 18.1. The van der Waals surface area contributed by atoms with Crippen LogP contribution in [0.1, 0.15) is 44.1 Å². The van der Waals surface area contributed by atoms with Gasteiger partial charge in [0.2, 0.25) is 11.8 Å². The molecule has 4 saturated carbocycles. The molecule has 2 amide bonds. The fourth-order valence-corrected chi connectivity index (χ4v) is 7.00. The maximum atomic E-state index is 13.6. The van der Waals surface area contributed by atoms with Gasteiger partial charge in [-0.2, -0.15) is 13.2 Å². The largest absolute Gasteiger partial charge is 0.417 e. The van der Waals surface area contributed by atoms with E-state index in [1.54, 1.807) is 6.07 Å². The number of benzene rings is 1. The molecule has 4 nitrogen and oxygen atoms in total. The molecule has 1 aliphatic heterocycles. The van der Waals surface area contributed by atoms with Gasteiger partial charge in [0, 0.05) is 32.3 Å². The quantitative estimate of drug-likeness (QED) is 0.641. The van der Waals surface area contributed by atoms with Crippen molar-refractivity contribution in [3.05, 3.63) is 42.0 Å². The Hall–Kier alpha value is -2.31. The van der Waals surface area contributed by atoms with E-state index in [1.165, 1.54) is 48.4 Å². The Morgan fingerprint density at radius 3 is 1.84 bits per heavy atom. The number of piperazine rings is 1. The summed E-state index contributed by atoms with van der Waals surface area (Å²) in [7, 11) is 0. The van der Waals surface area contributed by atoms with E-state index in [0.717, 1.165) is 19.3 Å². The van der Waals surface area contributed by atoms with Crippen LogP contribution in [0.25, 0.3) is 5.57 Å². The number of hydrogen-bond acceptors (Lipinski definition) is 2. The molecule has 1 aromatic rings. The summed E-state index contributed by atoms with van der Waals surface area (Å²) < 4.78 is 40.7. The molecule has 0 radical (unpaired) electrons. The number of carbonyl (C=O) groups is 2. The number of allylic oxidation sites excluding steroid dienone is 1. The van der Waals surface area contributed by atoms with Gasteiger partial charge in [0.1, 0.15) is 0 Å². The lowest BCUT2D eigenvalue weighted by Gasteiger charge is -2.57. The fraction of sp³-hybridized carbons (Fsp3) is 0.600. The van der Waals surface area contributed by atoms with Gasteiger partial charge in [-0.25, -0.2) is 0 Å². The van der Waals surface area contributed by atoms with E-state index in [0.29, 0.717) is 36.9 Å². The van der Waals surface area contributed by atoms with E-state index in [9.17, 15) is 22.8 Å². The van der Waals surface area contributed by atoms with Gasteiger partial charge >= 0.3 is 6.18 Å². The van der Waals surface area contributed by atoms with E-state index in [1.807, 2.05) is 4.90 Å². The van der Waals surface area contributed by atoms with Gasteiger partial charge in [0.25, 0.3) is 0 Å². The average Bonchev–Trinajstić information content (AvgIpc) is 2.76. The number of halogens is 3. The summed E-state index contributed by atoms with van der Waals surface area (Å²) in [5.74, 6) is 1.61. The molecular formula is C25H29F3N2O2. The molecule has 1 heterocycles. The highest BCUT2D eigenvalue weighted by molar-refractivity contribution is 5.96. The van der Waals surface area contributed by atoms with Crippen molar-refractivity contribution in [2.24, 2.45) is 23.2 Å². The minimum atomic E-state index is -4.62. The van der Waals surface area contributed by atoms with Crippen LogP contribution in [0.3, 0.4) is 0 Å². The Morgan fingerprint density at radius 1 is 0.844 bits per heavy atom. The molecule has 0 atom stereocenters. The van der Waals surface area contributed by atoms with Gasteiger partial charge in [-0.1, -0.05) is 30.3 Å². The molecule has 7 heteroatoms. The van der Waals surface area contributed by atoms with Crippen molar-refractivity contribution in [3.8, 4) is 0 Å².